The Bertz CT molecular complexity index is 189. The average Bonchev–Trinajstić information content (AvgIpc) is 2.08. The van der Waals surface area contributed by atoms with Gasteiger partial charge >= 0.3 is 0 Å². The minimum absolute atomic E-state index is 0.00503. The molecule has 0 unspecified atom stereocenters. The lowest BCUT2D eigenvalue weighted by Gasteiger charge is -2.30. The summed E-state index contributed by atoms with van der Waals surface area (Å²) < 4.78 is 25.4. The number of rotatable bonds is 3. The van der Waals surface area contributed by atoms with Crippen molar-refractivity contribution in [2.75, 3.05) is 19.6 Å². The lowest BCUT2D eigenvalue weighted by molar-refractivity contribution is -0.0530. The molecule has 1 nitrogen and oxygen atoms in total. The Balaban J connectivity index is 2.25. The first-order valence-electron chi connectivity index (χ1n) is 4.52. The quantitative estimate of drug-likeness (QED) is 0.613. The van der Waals surface area contributed by atoms with Crippen LogP contribution < -0.4 is 0 Å². The summed E-state index contributed by atoms with van der Waals surface area (Å²) in [6.07, 6.45) is 5.46. The minimum atomic E-state index is -2.43. The van der Waals surface area contributed by atoms with E-state index < -0.39 is 5.92 Å². The molecule has 0 saturated carbocycles. The maximum atomic E-state index is 12.7. The average molecular weight is 187 g/mol. The Kier molecular flexibility index (Phi) is 3.60. The summed E-state index contributed by atoms with van der Waals surface area (Å²) in [6, 6.07) is 0. The Hall–Kier alpha value is -0.700. The van der Waals surface area contributed by atoms with Gasteiger partial charge in [0.25, 0.3) is 5.92 Å². The molecule has 13 heavy (non-hydrogen) atoms. The van der Waals surface area contributed by atoms with Crippen LogP contribution in [0.1, 0.15) is 12.8 Å². The van der Waals surface area contributed by atoms with Crippen molar-refractivity contribution in [1.29, 1.82) is 0 Å². The minimum Gasteiger partial charge on any atom is -0.299 e. The van der Waals surface area contributed by atoms with Gasteiger partial charge in [-0.2, -0.15) is 0 Å². The van der Waals surface area contributed by atoms with Crippen molar-refractivity contribution in [3.8, 4) is 0 Å². The van der Waals surface area contributed by atoms with Gasteiger partial charge < -0.3 is 0 Å². The summed E-state index contributed by atoms with van der Waals surface area (Å²) in [5.41, 5.74) is 0. The second-order valence-electron chi connectivity index (χ2n) is 3.32. The van der Waals surface area contributed by atoms with Crippen LogP contribution in [0.5, 0.6) is 0 Å². The summed E-state index contributed by atoms with van der Waals surface area (Å²) in [5, 5.41) is 0. The SMILES string of the molecule is C=C/C=C/CN1CCC(F)(F)CC1. The fourth-order valence-electron chi connectivity index (χ4n) is 1.37. The van der Waals surface area contributed by atoms with Gasteiger partial charge in [-0.3, -0.25) is 4.90 Å². The van der Waals surface area contributed by atoms with E-state index in [4.69, 9.17) is 0 Å². The molecule has 0 aromatic carbocycles. The van der Waals surface area contributed by atoms with E-state index in [0.717, 1.165) is 6.54 Å². The highest BCUT2D eigenvalue weighted by molar-refractivity contribution is 4.98. The van der Waals surface area contributed by atoms with E-state index >= 15 is 0 Å². The summed E-state index contributed by atoms with van der Waals surface area (Å²) in [7, 11) is 0. The van der Waals surface area contributed by atoms with Gasteiger partial charge in [-0.15, -0.1) is 0 Å². The Morgan fingerprint density at radius 2 is 1.92 bits per heavy atom. The lowest BCUT2D eigenvalue weighted by Crippen LogP contribution is -2.39. The second-order valence-corrected chi connectivity index (χ2v) is 3.32. The van der Waals surface area contributed by atoms with Gasteiger partial charge in [-0.1, -0.05) is 24.8 Å². The molecule has 1 aliphatic heterocycles. The first-order chi connectivity index (χ1) is 6.14. The molecule has 1 fully saturated rings. The highest BCUT2D eigenvalue weighted by atomic mass is 19.3. The molecule has 1 rings (SSSR count). The molecule has 1 saturated heterocycles. The third-order valence-electron chi connectivity index (χ3n) is 2.22. The van der Waals surface area contributed by atoms with Crippen LogP contribution >= 0.6 is 0 Å². The van der Waals surface area contributed by atoms with Crippen LogP contribution in [-0.2, 0) is 0 Å². The zero-order valence-corrected chi connectivity index (χ0v) is 7.68. The largest absolute Gasteiger partial charge is 0.299 e. The van der Waals surface area contributed by atoms with Crippen molar-refractivity contribution >= 4 is 0 Å². The van der Waals surface area contributed by atoms with E-state index in [1.54, 1.807) is 6.08 Å². The summed E-state index contributed by atoms with van der Waals surface area (Å²) >= 11 is 0. The van der Waals surface area contributed by atoms with Crippen LogP contribution in [0.25, 0.3) is 0 Å². The molecule has 0 aromatic rings. The lowest BCUT2D eigenvalue weighted by atomic mass is 10.1. The van der Waals surface area contributed by atoms with Crippen LogP contribution in [0.4, 0.5) is 8.78 Å². The number of likely N-dealkylation sites (tertiary alicyclic amines) is 1. The highest BCUT2D eigenvalue weighted by Gasteiger charge is 2.33. The normalized spacial score (nSPS) is 23.5. The fourth-order valence-corrected chi connectivity index (χ4v) is 1.37. The van der Waals surface area contributed by atoms with E-state index in [-0.39, 0.29) is 12.8 Å². The van der Waals surface area contributed by atoms with Crippen molar-refractivity contribution in [3.63, 3.8) is 0 Å². The predicted molar refractivity (Wildman–Crippen MR) is 50.0 cm³/mol. The molecule has 0 spiro atoms. The second kappa shape index (κ2) is 4.51. The molecular formula is C10H15F2N. The van der Waals surface area contributed by atoms with E-state index in [2.05, 4.69) is 6.58 Å². The maximum absolute atomic E-state index is 12.7. The molecular weight excluding hydrogens is 172 g/mol. The van der Waals surface area contributed by atoms with Gasteiger partial charge in [0.15, 0.2) is 0 Å². The summed E-state index contributed by atoms with van der Waals surface area (Å²) in [5.74, 6) is -2.43. The molecule has 0 aromatic heterocycles. The zero-order chi connectivity index (χ0) is 9.73. The monoisotopic (exact) mass is 187 g/mol. The van der Waals surface area contributed by atoms with Crippen molar-refractivity contribution < 1.29 is 8.78 Å². The van der Waals surface area contributed by atoms with Gasteiger partial charge in [0.2, 0.25) is 0 Å². The first-order valence-corrected chi connectivity index (χ1v) is 4.52. The third-order valence-corrected chi connectivity index (χ3v) is 2.22. The number of piperidine rings is 1. The predicted octanol–water partition coefficient (Wildman–Crippen LogP) is 2.46. The molecule has 0 bridgehead atoms. The van der Waals surface area contributed by atoms with Gasteiger partial charge in [0.05, 0.1) is 0 Å². The van der Waals surface area contributed by atoms with Crippen LogP contribution in [0.15, 0.2) is 24.8 Å². The van der Waals surface area contributed by atoms with Crippen LogP contribution in [0.2, 0.25) is 0 Å². The van der Waals surface area contributed by atoms with Crippen LogP contribution in [-0.4, -0.2) is 30.5 Å². The van der Waals surface area contributed by atoms with E-state index in [9.17, 15) is 8.78 Å². The zero-order valence-electron chi connectivity index (χ0n) is 7.68. The van der Waals surface area contributed by atoms with Crippen LogP contribution in [0, 0.1) is 0 Å². The van der Waals surface area contributed by atoms with Crippen molar-refractivity contribution in [2.45, 2.75) is 18.8 Å². The number of halogens is 2. The molecule has 0 radical (unpaired) electrons. The fraction of sp³-hybridized carbons (Fsp3) is 0.600. The maximum Gasteiger partial charge on any atom is 0.250 e. The van der Waals surface area contributed by atoms with E-state index in [1.165, 1.54) is 0 Å². The topological polar surface area (TPSA) is 3.24 Å². The van der Waals surface area contributed by atoms with Crippen molar-refractivity contribution in [2.24, 2.45) is 0 Å². The molecule has 0 atom stereocenters. The van der Waals surface area contributed by atoms with E-state index in [1.807, 2.05) is 17.1 Å². The molecule has 0 amide bonds. The standard InChI is InChI=1S/C10H15F2N/c1-2-3-4-7-13-8-5-10(11,12)6-9-13/h2-4H,1,5-9H2/b4-3+. The summed E-state index contributed by atoms with van der Waals surface area (Å²) in [6.45, 7) is 5.28. The first kappa shape index (κ1) is 10.4. The number of allylic oxidation sites excluding steroid dienone is 2. The Labute approximate surface area is 77.7 Å². The van der Waals surface area contributed by atoms with Crippen LogP contribution in [0.3, 0.4) is 0 Å². The molecule has 0 N–H and O–H groups in total. The number of hydrogen-bond donors (Lipinski definition) is 0. The number of nitrogens with zero attached hydrogens (tertiary/aromatic N) is 1. The van der Waals surface area contributed by atoms with Crippen molar-refractivity contribution in [1.82, 2.24) is 4.90 Å². The number of hydrogen-bond acceptors (Lipinski definition) is 1. The van der Waals surface area contributed by atoms with Gasteiger partial charge in [0, 0.05) is 32.5 Å². The van der Waals surface area contributed by atoms with Gasteiger partial charge in [-0.25, -0.2) is 8.78 Å². The molecule has 0 aliphatic carbocycles. The molecule has 1 heterocycles. The van der Waals surface area contributed by atoms with Gasteiger partial charge in [0.1, 0.15) is 0 Å². The molecule has 1 aliphatic rings. The summed E-state index contributed by atoms with van der Waals surface area (Å²) in [4.78, 5) is 2.03. The number of alkyl halides is 2. The Morgan fingerprint density at radius 1 is 1.31 bits per heavy atom. The smallest absolute Gasteiger partial charge is 0.250 e. The molecule has 3 heteroatoms. The Morgan fingerprint density at radius 3 is 2.46 bits per heavy atom. The van der Waals surface area contributed by atoms with E-state index in [0.29, 0.717) is 13.1 Å². The highest BCUT2D eigenvalue weighted by Crippen LogP contribution is 2.27. The third kappa shape index (κ3) is 3.68. The molecule has 74 valence electrons. The van der Waals surface area contributed by atoms with Gasteiger partial charge in [-0.05, 0) is 0 Å². The van der Waals surface area contributed by atoms with Crippen molar-refractivity contribution in [3.05, 3.63) is 24.8 Å².